The molecule has 0 aromatic heterocycles. The summed E-state index contributed by atoms with van der Waals surface area (Å²) in [5.74, 6) is 10.1. The number of hydrogen-bond acceptors (Lipinski definition) is 0. The van der Waals surface area contributed by atoms with Gasteiger partial charge in [-0.25, -0.2) is 25.7 Å². The minimum absolute atomic E-state index is 0. The molecule has 0 nitrogen and oxygen atoms in total. The van der Waals surface area contributed by atoms with Crippen LogP contribution in [0.2, 0.25) is 0 Å². The molecule has 7 aliphatic rings. The Kier molecular flexibility index (Phi) is 96.9. The molecule has 7 saturated carbocycles. The molecule has 7 rings (SSSR count). The first-order chi connectivity index (χ1) is 33.1. The van der Waals surface area contributed by atoms with Crippen molar-refractivity contribution in [3.63, 3.8) is 0 Å². The predicted molar refractivity (Wildman–Crippen MR) is 335 cm³/mol. The summed E-state index contributed by atoms with van der Waals surface area (Å²) in [6, 6.07) is 0. The minimum Gasteiger partial charge on any atom is -0.372 e. The van der Waals surface area contributed by atoms with E-state index in [-0.39, 0.29) is 164 Å². The quantitative estimate of drug-likeness (QED) is 0.233. The largest absolute Gasteiger partial charge is 0.372 e. The Morgan fingerprint density at radius 3 is 0.592 bits per heavy atom. The van der Waals surface area contributed by atoms with Crippen LogP contribution in [0, 0.1) is 118 Å². The minimum atomic E-state index is 0. The summed E-state index contributed by atoms with van der Waals surface area (Å²) in [7, 11) is 0. The van der Waals surface area contributed by atoms with Crippen LogP contribution in [0.4, 0.5) is 0 Å². The van der Waals surface area contributed by atoms with Crippen LogP contribution < -0.4 is 0 Å². The van der Waals surface area contributed by atoms with Crippen LogP contribution in [0.5, 0.6) is 0 Å². The van der Waals surface area contributed by atoms with E-state index in [0.29, 0.717) is 10.8 Å². The maximum Gasteiger partial charge on any atom is 0 e. The van der Waals surface area contributed by atoms with Crippen molar-refractivity contribution in [1.82, 2.24) is 0 Å². The van der Waals surface area contributed by atoms with E-state index in [9.17, 15) is 0 Å². The summed E-state index contributed by atoms with van der Waals surface area (Å²) in [4.78, 5) is 0. The van der Waals surface area contributed by atoms with Crippen molar-refractivity contribution in [2.24, 2.45) is 51.8 Å². The van der Waals surface area contributed by atoms with Gasteiger partial charge in [0.25, 0.3) is 0 Å². The van der Waals surface area contributed by atoms with E-state index in [1.807, 2.05) is 0 Å². The van der Waals surface area contributed by atoms with Crippen LogP contribution in [-0.2, 0) is 164 Å². The average Bonchev–Trinajstić information content (AvgIpc) is 4.13. The fourth-order valence-electron chi connectivity index (χ4n) is 9.12. The molecule has 0 amide bonds. The summed E-state index contributed by atoms with van der Waals surface area (Å²) in [5.41, 5.74) is 1.64. The first-order valence-electron chi connectivity index (χ1n) is 31.3. The van der Waals surface area contributed by atoms with E-state index >= 15 is 0 Å². The van der Waals surface area contributed by atoms with Crippen molar-refractivity contribution in [2.45, 2.75) is 343 Å². The molecular formula is C71H142Y5-10. The standard InChI is InChI=1S/C9H16.3C8H14.2C7H12.6C4H10.5Y/c1-2-6-9(5-1)7-3-4-8-9;2*1-3-8(2)6-4-5-7-8;1-2-5-8-6-3-4-7-8;2*1-2-7-5-3-4-6-7;6*1-4(2)3;;;;;/h1-8H2;3*1-7H2;2*1-6H2;6*4H,1-3H3;;;;;/q;5*-2;;;;;;;;;;;. The Hall–Kier alpha value is 5.52. The van der Waals surface area contributed by atoms with Gasteiger partial charge in [0.15, 0.2) is 0 Å². The van der Waals surface area contributed by atoms with Gasteiger partial charge < -0.3 is 79.1 Å². The predicted octanol–water partition coefficient (Wildman–Crippen LogP) is 25.8. The first kappa shape index (κ1) is 103. The van der Waals surface area contributed by atoms with Crippen molar-refractivity contribution < 1.29 is 164 Å². The van der Waals surface area contributed by atoms with Gasteiger partial charge in [-0.2, -0.15) is 49.4 Å². The maximum absolute atomic E-state index is 4.12. The van der Waals surface area contributed by atoms with E-state index < -0.39 is 0 Å². The van der Waals surface area contributed by atoms with Gasteiger partial charge in [0.2, 0.25) is 0 Å². The summed E-state index contributed by atoms with van der Waals surface area (Å²) in [6.45, 7) is 66.5. The van der Waals surface area contributed by atoms with E-state index in [1.165, 1.54) is 161 Å². The molecule has 5 heteroatoms. The molecule has 0 atom stereocenters. The van der Waals surface area contributed by atoms with Crippen LogP contribution in [-0.4, -0.2) is 0 Å². The fourth-order valence-corrected chi connectivity index (χ4v) is 9.12. The topological polar surface area (TPSA) is 0 Å². The third-order valence-corrected chi connectivity index (χ3v) is 12.9. The second kappa shape index (κ2) is 71.3. The normalized spacial score (nSPS) is 18.8. The Balaban J connectivity index is -0.0000000788. The Morgan fingerprint density at radius 2 is 0.461 bits per heavy atom. The molecule has 0 N–H and O–H groups in total. The van der Waals surface area contributed by atoms with Gasteiger partial charge in [-0.15, -0.1) is 0 Å². The maximum atomic E-state index is 4.12. The monoisotopic (exact) mass is 1440 g/mol. The van der Waals surface area contributed by atoms with Crippen LogP contribution in [0.25, 0.3) is 0 Å². The van der Waals surface area contributed by atoms with Gasteiger partial charge in [-0.3, -0.25) is 0 Å². The van der Waals surface area contributed by atoms with Crippen LogP contribution in [0.15, 0.2) is 0 Å². The van der Waals surface area contributed by atoms with E-state index in [4.69, 9.17) is 0 Å². The molecule has 5 radical (unpaired) electrons. The smallest absolute Gasteiger partial charge is 0 e. The van der Waals surface area contributed by atoms with E-state index in [1.54, 1.807) is 43.4 Å². The Bertz CT molecular complexity index is 844. The first-order valence-corrected chi connectivity index (χ1v) is 31.3. The summed E-state index contributed by atoms with van der Waals surface area (Å²) in [6.07, 6.45) is 46.5. The third kappa shape index (κ3) is 86.0. The molecule has 0 unspecified atom stereocenters. The second-order valence-electron chi connectivity index (χ2n) is 27.2. The fraction of sp³-hybridized carbons (Fsp3) is 0.859. The van der Waals surface area contributed by atoms with Crippen molar-refractivity contribution >= 4 is 0 Å². The van der Waals surface area contributed by atoms with Crippen molar-refractivity contribution in [2.75, 3.05) is 0 Å². The van der Waals surface area contributed by atoms with Crippen LogP contribution >= 0.6 is 0 Å². The number of hydrogen-bond donors (Lipinski definition) is 0. The molecular weight excluding hydrogens is 1300 g/mol. The zero-order valence-electron chi connectivity index (χ0n) is 56.3. The third-order valence-electron chi connectivity index (χ3n) is 12.9. The molecule has 0 aromatic carbocycles. The molecule has 0 heterocycles. The van der Waals surface area contributed by atoms with Crippen LogP contribution in [0.1, 0.15) is 343 Å². The zero-order valence-corrected chi connectivity index (χ0v) is 70.5. The summed E-state index contributed by atoms with van der Waals surface area (Å²) < 4.78 is 0. The molecule has 0 aliphatic heterocycles. The van der Waals surface area contributed by atoms with Crippen molar-refractivity contribution in [3.8, 4) is 0 Å². The molecule has 0 bridgehead atoms. The number of rotatable bonds is 6. The molecule has 7 fully saturated rings. The summed E-state index contributed by atoms with van der Waals surface area (Å²) >= 11 is 0. The van der Waals surface area contributed by atoms with Gasteiger partial charge >= 0.3 is 0 Å². The van der Waals surface area contributed by atoms with Gasteiger partial charge in [0.05, 0.1) is 0 Å². The van der Waals surface area contributed by atoms with Gasteiger partial charge in [-0.05, 0) is 66.6 Å². The average molecular weight is 1440 g/mol. The molecule has 76 heavy (non-hydrogen) atoms. The van der Waals surface area contributed by atoms with Gasteiger partial charge in [-0.1, -0.05) is 240 Å². The van der Waals surface area contributed by atoms with E-state index in [2.05, 4.69) is 173 Å². The van der Waals surface area contributed by atoms with Gasteiger partial charge in [0, 0.05) is 164 Å². The second-order valence-corrected chi connectivity index (χ2v) is 27.2. The molecule has 451 valence electrons. The molecule has 7 aliphatic carbocycles. The van der Waals surface area contributed by atoms with Crippen LogP contribution in [0.3, 0.4) is 0 Å². The molecule has 0 aromatic rings. The van der Waals surface area contributed by atoms with E-state index in [0.717, 1.165) is 73.0 Å². The summed E-state index contributed by atoms with van der Waals surface area (Å²) in [5, 5.41) is 0. The van der Waals surface area contributed by atoms with Crippen molar-refractivity contribution in [1.29, 1.82) is 0 Å². The Labute approximate surface area is 615 Å². The van der Waals surface area contributed by atoms with Crippen molar-refractivity contribution in [3.05, 3.63) is 66.2 Å². The molecule has 1 spiro atoms. The molecule has 0 saturated heterocycles. The SMILES string of the molecule is C1CCC2(C1)CCCC2.CC(C)C.CC(C)C.CC(C)C.CC(C)C.CC(C)C.CC(C)C.[CH2-]CC1([CH2-])CCCC1.[CH2-]CC1([CH2-])CCCC1.[CH2-]CC[C-]1CCCC1.[CH2-]C[C-]1CCCC1.[CH2-]C[C-]1CCCC1.[Y].[Y].[Y].[Y].[Y]. The zero-order chi connectivity index (χ0) is 55.7. The Morgan fingerprint density at radius 1 is 0.289 bits per heavy atom. The van der Waals surface area contributed by atoms with Gasteiger partial charge in [0.1, 0.15) is 0 Å².